The third-order valence-electron chi connectivity index (χ3n) is 9.03. The average Bonchev–Trinajstić information content (AvgIpc) is 3.07. The maximum Gasteiger partial charge on any atom is 0.215 e. The zero-order chi connectivity index (χ0) is 28.9. The fraction of sp³-hybridized carbons (Fsp3) is 0.581. The first-order valence-corrected chi connectivity index (χ1v) is 19.4. The number of aryl methyl sites for hydroxylation is 1. The number of carbonyl (C=O) groups excluding carboxylic acids is 1. The van der Waals surface area contributed by atoms with Crippen molar-refractivity contribution in [2.75, 3.05) is 13.2 Å². The molecule has 0 bridgehead atoms. The number of benzene rings is 2. The summed E-state index contributed by atoms with van der Waals surface area (Å²) in [5.41, 5.74) is 4.12. The topological polar surface area (TPSA) is 65.0 Å². The Labute approximate surface area is 232 Å². The van der Waals surface area contributed by atoms with E-state index in [1.807, 2.05) is 44.2 Å². The molecular weight excluding hydrogens is 509 g/mol. The van der Waals surface area contributed by atoms with Crippen molar-refractivity contribution in [3.05, 3.63) is 52.6 Å². The maximum atomic E-state index is 14.4. The number of hydrogen-bond donors (Lipinski definition) is 1. The molecule has 0 aliphatic carbocycles. The van der Waals surface area contributed by atoms with Crippen LogP contribution in [0, 0.1) is 13.8 Å². The molecule has 0 saturated carbocycles. The van der Waals surface area contributed by atoms with E-state index in [9.17, 15) is 9.90 Å². The fourth-order valence-electron chi connectivity index (χ4n) is 4.32. The van der Waals surface area contributed by atoms with Gasteiger partial charge in [-0.1, -0.05) is 59.7 Å². The summed E-state index contributed by atoms with van der Waals surface area (Å²) in [7, 11) is -4.33. The van der Waals surface area contributed by atoms with Gasteiger partial charge in [-0.15, -0.1) is 0 Å². The highest BCUT2D eigenvalue weighted by Gasteiger charge is 2.53. The lowest BCUT2D eigenvalue weighted by Crippen LogP contribution is -2.56. The van der Waals surface area contributed by atoms with Gasteiger partial charge in [0.2, 0.25) is 11.4 Å². The zero-order valence-electron chi connectivity index (χ0n) is 25.6. The van der Waals surface area contributed by atoms with E-state index in [2.05, 4.69) is 67.7 Å². The third kappa shape index (κ3) is 5.73. The number of fused-ring (bicyclic) bond motifs is 1. The van der Waals surface area contributed by atoms with E-state index in [0.29, 0.717) is 11.3 Å². The summed E-state index contributed by atoms with van der Waals surface area (Å²) in [4.78, 5) is 14.4. The normalized spacial score (nSPS) is 16.0. The van der Waals surface area contributed by atoms with E-state index in [1.165, 1.54) is 0 Å². The van der Waals surface area contributed by atoms with Crippen LogP contribution in [0.5, 0.6) is 5.75 Å². The molecule has 210 valence electrons. The number of rotatable bonds is 8. The highest BCUT2D eigenvalue weighted by Crippen LogP contribution is 2.46. The van der Waals surface area contributed by atoms with Crippen LogP contribution in [0.4, 0.5) is 0 Å². The zero-order valence-corrected chi connectivity index (χ0v) is 27.6. The molecule has 1 heterocycles. The number of ketones is 1. The predicted molar refractivity (Wildman–Crippen MR) is 161 cm³/mol. The van der Waals surface area contributed by atoms with E-state index >= 15 is 0 Å². The van der Waals surface area contributed by atoms with Gasteiger partial charge in [-0.3, -0.25) is 4.79 Å². The summed E-state index contributed by atoms with van der Waals surface area (Å²) < 4.78 is 19.9. The Bertz CT molecular complexity index is 1170. The molecule has 7 heteroatoms. The van der Waals surface area contributed by atoms with Gasteiger partial charge in [0.05, 0.1) is 25.4 Å². The molecule has 0 radical (unpaired) electrons. The first kappa shape index (κ1) is 30.8. The fourth-order valence-corrected chi connectivity index (χ4v) is 6.38. The largest absolute Gasteiger partial charge is 0.474 e. The van der Waals surface area contributed by atoms with E-state index in [1.54, 1.807) is 0 Å². The van der Waals surface area contributed by atoms with Gasteiger partial charge >= 0.3 is 0 Å². The molecule has 1 aliphatic heterocycles. The number of carbonyl (C=O) groups is 1. The molecule has 3 rings (SSSR count). The SMILES string of the molecule is Cc1cc2c(c(C)c1-c1cccc(CO)c1)C(=O)C(CO[Si](C)(C)C(C)(C)C)(CO[Si](C)(C)C(C)(C)C)O2. The molecule has 38 heavy (non-hydrogen) atoms. The van der Waals surface area contributed by atoms with Crippen molar-refractivity contribution in [1.82, 2.24) is 0 Å². The molecule has 5 nitrogen and oxygen atoms in total. The summed E-state index contributed by atoms with van der Waals surface area (Å²) >= 11 is 0. The lowest BCUT2D eigenvalue weighted by molar-refractivity contribution is 0.000273. The first-order valence-electron chi connectivity index (χ1n) is 13.6. The number of aliphatic hydroxyl groups excluding tert-OH is 1. The minimum absolute atomic E-state index is 0.000375. The highest BCUT2D eigenvalue weighted by molar-refractivity contribution is 6.74. The Morgan fingerprint density at radius 2 is 1.39 bits per heavy atom. The quantitative estimate of drug-likeness (QED) is 0.336. The Hall–Kier alpha value is -1.78. The minimum Gasteiger partial charge on any atom is -0.474 e. The first-order chi connectivity index (χ1) is 17.3. The molecule has 1 aliphatic rings. The van der Waals surface area contributed by atoms with Gasteiger partial charge in [0.1, 0.15) is 5.75 Å². The molecule has 0 atom stereocenters. The Balaban J connectivity index is 2.09. The molecule has 0 unspecified atom stereocenters. The maximum absolute atomic E-state index is 14.4. The molecule has 0 spiro atoms. The molecule has 0 fully saturated rings. The lowest BCUT2D eigenvalue weighted by atomic mass is 9.87. The number of aliphatic hydroxyl groups is 1. The number of hydrogen-bond acceptors (Lipinski definition) is 5. The summed E-state index contributed by atoms with van der Waals surface area (Å²) in [5.74, 6) is 0.534. The summed E-state index contributed by atoms with van der Waals surface area (Å²) in [6, 6.07) is 9.82. The van der Waals surface area contributed by atoms with Gasteiger partial charge in [0, 0.05) is 0 Å². The van der Waals surface area contributed by atoms with Crippen molar-refractivity contribution in [2.24, 2.45) is 0 Å². The second-order valence-electron chi connectivity index (χ2n) is 13.9. The second kappa shape index (κ2) is 10.3. The summed E-state index contributed by atoms with van der Waals surface area (Å²) in [5, 5.41) is 9.68. The van der Waals surface area contributed by atoms with Crippen LogP contribution < -0.4 is 4.74 Å². The molecule has 0 saturated heterocycles. The molecule has 0 amide bonds. The Kier molecular flexibility index (Phi) is 8.35. The van der Waals surface area contributed by atoms with Gasteiger partial charge in [-0.05, 0) is 90.1 Å². The molecule has 2 aromatic rings. The molecule has 2 aromatic carbocycles. The Morgan fingerprint density at radius 3 is 1.87 bits per heavy atom. The van der Waals surface area contributed by atoms with Crippen LogP contribution in [-0.4, -0.2) is 46.3 Å². The van der Waals surface area contributed by atoms with Gasteiger partial charge in [-0.2, -0.15) is 0 Å². The van der Waals surface area contributed by atoms with Crippen LogP contribution in [0.25, 0.3) is 11.1 Å². The van der Waals surface area contributed by atoms with Crippen LogP contribution >= 0.6 is 0 Å². The summed E-state index contributed by atoms with van der Waals surface area (Å²) in [6.07, 6.45) is 0. The van der Waals surface area contributed by atoms with Crippen molar-refractivity contribution < 1.29 is 23.5 Å². The van der Waals surface area contributed by atoms with E-state index in [-0.39, 0.29) is 35.7 Å². The monoisotopic (exact) mass is 556 g/mol. The predicted octanol–water partition coefficient (Wildman–Crippen LogP) is 7.82. The van der Waals surface area contributed by atoms with Crippen molar-refractivity contribution in [3.8, 4) is 16.9 Å². The highest BCUT2D eigenvalue weighted by atomic mass is 28.4. The standard InChI is InChI=1S/C31H48O5Si2/c1-21-16-25-27(22(2)26(21)24-15-13-14-23(17-24)18-32)28(33)31(36-25,19-34-37(9,10)29(3,4)5)20-35-38(11,12)30(6,7)8/h13-17,32H,18-20H2,1-12H3. The second-order valence-corrected chi connectivity index (χ2v) is 23.6. The van der Waals surface area contributed by atoms with E-state index in [0.717, 1.165) is 27.8 Å². The summed E-state index contributed by atoms with van der Waals surface area (Å²) in [6.45, 7) is 26.3. The molecule has 1 N–H and O–H groups in total. The van der Waals surface area contributed by atoms with Gasteiger partial charge in [0.25, 0.3) is 0 Å². The third-order valence-corrected chi connectivity index (χ3v) is 18.0. The number of ether oxygens (including phenoxy) is 1. The van der Waals surface area contributed by atoms with Crippen LogP contribution in [0.2, 0.25) is 36.3 Å². The van der Waals surface area contributed by atoms with E-state index in [4.69, 9.17) is 13.6 Å². The van der Waals surface area contributed by atoms with Crippen LogP contribution in [-0.2, 0) is 15.5 Å². The lowest BCUT2D eigenvalue weighted by Gasteiger charge is -2.41. The minimum atomic E-state index is -2.16. The van der Waals surface area contributed by atoms with Gasteiger partial charge in [-0.25, -0.2) is 0 Å². The van der Waals surface area contributed by atoms with Crippen LogP contribution in [0.15, 0.2) is 30.3 Å². The van der Waals surface area contributed by atoms with Crippen LogP contribution in [0.1, 0.15) is 68.6 Å². The van der Waals surface area contributed by atoms with E-state index < -0.39 is 22.2 Å². The van der Waals surface area contributed by atoms with Gasteiger partial charge < -0.3 is 18.7 Å². The molecular formula is C31H48O5Si2. The van der Waals surface area contributed by atoms with Crippen molar-refractivity contribution >= 4 is 22.4 Å². The van der Waals surface area contributed by atoms with Crippen molar-refractivity contribution in [2.45, 2.75) is 104 Å². The van der Waals surface area contributed by atoms with Crippen molar-refractivity contribution in [1.29, 1.82) is 0 Å². The smallest absolute Gasteiger partial charge is 0.215 e. The average molecular weight is 557 g/mol. The van der Waals surface area contributed by atoms with Gasteiger partial charge in [0.15, 0.2) is 16.6 Å². The Morgan fingerprint density at radius 1 is 0.868 bits per heavy atom. The number of Topliss-reactive ketones (excluding diaryl/α,β-unsaturated/α-hetero) is 1. The van der Waals surface area contributed by atoms with Crippen molar-refractivity contribution in [3.63, 3.8) is 0 Å². The molecule has 0 aromatic heterocycles. The van der Waals surface area contributed by atoms with Crippen LogP contribution in [0.3, 0.4) is 0 Å².